The van der Waals surface area contributed by atoms with Gasteiger partial charge in [0.15, 0.2) is 0 Å². The Labute approximate surface area is 196 Å². The normalized spacial score (nSPS) is 38.7. The van der Waals surface area contributed by atoms with Crippen molar-refractivity contribution in [3.63, 3.8) is 0 Å². The fraction of sp³-hybridized carbons (Fsp3) is 0.739. The summed E-state index contributed by atoms with van der Waals surface area (Å²) < 4.78 is 6.55. The standard InChI is InChI=1S/C12H21N.C11H13BrN2O5/c1-8(13)12-5-9-2-10(6-12)4-11(3-9)7-12;12-2-1-6-4-14(11(18)13-10(6)17)9-3-7(16)8(5-15)19-9/h8-11H,2-7,13H2,1H3;1-2,4,7-9,15-16H,3,5H2,(H,13,17,18)/b;2-1+/t;7-,8+,9+/m.0/s1. The zero-order valence-electron chi connectivity index (χ0n) is 18.4. The molecule has 4 atom stereocenters. The number of hydrogen-bond donors (Lipinski definition) is 4. The lowest BCUT2D eigenvalue weighted by Crippen LogP contribution is -2.53. The van der Waals surface area contributed by atoms with Crippen LogP contribution in [0.5, 0.6) is 5.88 Å². The van der Waals surface area contributed by atoms with Gasteiger partial charge in [-0.15, -0.1) is 0 Å². The maximum absolute atomic E-state index is 11.7. The van der Waals surface area contributed by atoms with Crippen molar-refractivity contribution in [3.8, 4) is 5.88 Å². The van der Waals surface area contributed by atoms with Gasteiger partial charge in [-0.25, -0.2) is 4.79 Å². The third kappa shape index (κ3) is 4.68. The summed E-state index contributed by atoms with van der Waals surface area (Å²) in [5.74, 6) is 2.78. The molecule has 1 unspecified atom stereocenters. The van der Waals surface area contributed by atoms with E-state index in [0.717, 1.165) is 17.8 Å². The van der Waals surface area contributed by atoms with E-state index in [2.05, 4.69) is 27.8 Å². The van der Waals surface area contributed by atoms with Crippen molar-refractivity contribution in [2.24, 2.45) is 28.9 Å². The molecule has 0 radical (unpaired) electrons. The molecule has 5 fully saturated rings. The Morgan fingerprint density at radius 2 is 1.88 bits per heavy atom. The topological polar surface area (TPSA) is 131 Å². The van der Waals surface area contributed by atoms with Gasteiger partial charge < -0.3 is 25.8 Å². The first-order valence-corrected chi connectivity index (χ1v) is 12.4. The molecule has 6 rings (SSSR count). The van der Waals surface area contributed by atoms with Crippen molar-refractivity contribution >= 4 is 22.0 Å². The third-order valence-electron chi connectivity index (χ3n) is 7.95. The second-order valence-electron chi connectivity index (χ2n) is 10.2. The van der Waals surface area contributed by atoms with Gasteiger partial charge in [-0.3, -0.25) is 4.57 Å². The number of aromatic nitrogens is 2. The molecule has 5 aliphatic rings. The lowest BCUT2D eigenvalue weighted by molar-refractivity contribution is -0.0637. The summed E-state index contributed by atoms with van der Waals surface area (Å²) in [5, 5.41) is 28.2. The number of aliphatic hydroxyl groups excluding tert-OH is 2. The highest BCUT2D eigenvalue weighted by molar-refractivity contribution is 9.11. The Morgan fingerprint density at radius 3 is 2.34 bits per heavy atom. The predicted octanol–water partition coefficient (Wildman–Crippen LogP) is 2.51. The number of rotatable bonds is 4. The fourth-order valence-corrected chi connectivity index (χ4v) is 6.94. The summed E-state index contributed by atoms with van der Waals surface area (Å²) in [6.07, 6.45) is 9.78. The molecule has 5 N–H and O–H groups in total. The number of ether oxygens (including phenoxy) is 1. The highest BCUT2D eigenvalue weighted by Crippen LogP contribution is 2.60. The molecule has 32 heavy (non-hydrogen) atoms. The molecule has 4 saturated carbocycles. The maximum Gasteiger partial charge on any atom is 0.353 e. The molecule has 1 saturated heterocycles. The molecule has 0 spiro atoms. The molecule has 4 aliphatic carbocycles. The van der Waals surface area contributed by atoms with E-state index >= 15 is 0 Å². The van der Waals surface area contributed by atoms with Gasteiger partial charge in [0.2, 0.25) is 5.88 Å². The number of nitrogens with zero attached hydrogens (tertiary/aromatic N) is 2. The van der Waals surface area contributed by atoms with Crippen LogP contribution in [0.4, 0.5) is 0 Å². The van der Waals surface area contributed by atoms with Gasteiger partial charge in [-0.2, -0.15) is 4.98 Å². The predicted molar refractivity (Wildman–Crippen MR) is 124 cm³/mol. The quantitative estimate of drug-likeness (QED) is 0.488. The Morgan fingerprint density at radius 1 is 1.28 bits per heavy atom. The van der Waals surface area contributed by atoms with Crippen LogP contribution in [0.3, 0.4) is 0 Å². The molecule has 0 amide bonds. The first kappa shape index (κ1) is 23.9. The van der Waals surface area contributed by atoms with Crippen LogP contribution in [0.2, 0.25) is 0 Å². The summed E-state index contributed by atoms with van der Waals surface area (Å²) >= 11 is 3.07. The summed E-state index contributed by atoms with van der Waals surface area (Å²) in [4.78, 5) is 16.7. The molecule has 1 aromatic heterocycles. The summed E-state index contributed by atoms with van der Waals surface area (Å²) in [6.45, 7) is 1.92. The summed E-state index contributed by atoms with van der Waals surface area (Å²) in [7, 11) is 0. The smallest absolute Gasteiger partial charge is 0.353 e. The van der Waals surface area contributed by atoms with Crippen molar-refractivity contribution < 1.29 is 20.1 Å². The molecule has 178 valence electrons. The highest BCUT2D eigenvalue weighted by atomic mass is 79.9. The Balaban J connectivity index is 0.000000163. The highest BCUT2D eigenvalue weighted by Gasteiger charge is 2.52. The van der Waals surface area contributed by atoms with Gasteiger partial charge in [0.1, 0.15) is 12.3 Å². The van der Waals surface area contributed by atoms with Gasteiger partial charge in [0, 0.05) is 18.7 Å². The Bertz CT molecular complexity index is 867. The van der Waals surface area contributed by atoms with Gasteiger partial charge >= 0.3 is 5.69 Å². The minimum atomic E-state index is -0.842. The maximum atomic E-state index is 11.7. The number of hydrogen-bond acceptors (Lipinski definition) is 7. The van der Waals surface area contributed by atoms with E-state index in [0.29, 0.717) is 17.0 Å². The number of halogens is 1. The largest absolute Gasteiger partial charge is 0.493 e. The first-order valence-electron chi connectivity index (χ1n) is 11.5. The molecule has 4 bridgehead atoms. The van der Waals surface area contributed by atoms with Crippen LogP contribution < -0.4 is 11.4 Å². The van der Waals surface area contributed by atoms with E-state index in [1.54, 1.807) is 0 Å². The fourth-order valence-electron chi connectivity index (χ4n) is 6.65. The summed E-state index contributed by atoms with van der Waals surface area (Å²) in [5.41, 5.74) is 6.42. The van der Waals surface area contributed by atoms with Gasteiger partial charge in [0.05, 0.1) is 18.3 Å². The molecule has 8 nitrogen and oxygen atoms in total. The minimum Gasteiger partial charge on any atom is -0.493 e. The lowest BCUT2D eigenvalue weighted by atomic mass is 9.48. The SMILES string of the molecule is CC(N)C12CC3CC(CC(C3)C1)C2.O=c1nc(O)c(/C=C/Br)cn1[C@H]1C[C@H](O)[C@@H](CO)O1. The van der Waals surface area contributed by atoms with E-state index in [-0.39, 0.29) is 18.9 Å². The molecular formula is C23H34BrN3O5. The average molecular weight is 512 g/mol. The van der Waals surface area contributed by atoms with Crippen LogP contribution in [0, 0.1) is 23.2 Å². The van der Waals surface area contributed by atoms with Crippen molar-refractivity contribution in [2.45, 2.75) is 76.3 Å². The molecule has 1 aromatic rings. The first-order chi connectivity index (χ1) is 15.2. The number of aliphatic hydroxyl groups is 2. The van der Waals surface area contributed by atoms with Crippen LogP contribution in [0.1, 0.15) is 63.7 Å². The molecule has 9 heteroatoms. The van der Waals surface area contributed by atoms with E-state index in [4.69, 9.17) is 15.6 Å². The zero-order chi connectivity index (χ0) is 23.0. The minimum absolute atomic E-state index is 0.176. The third-order valence-corrected chi connectivity index (χ3v) is 8.21. The van der Waals surface area contributed by atoms with E-state index < -0.39 is 24.1 Å². The van der Waals surface area contributed by atoms with Crippen molar-refractivity contribution in [2.75, 3.05) is 6.61 Å². The Kier molecular flexibility index (Phi) is 7.12. The van der Waals surface area contributed by atoms with Gasteiger partial charge in [0.25, 0.3) is 0 Å². The molecule has 2 heterocycles. The monoisotopic (exact) mass is 511 g/mol. The van der Waals surface area contributed by atoms with E-state index in [1.165, 1.54) is 60.4 Å². The molecule has 1 aliphatic heterocycles. The van der Waals surface area contributed by atoms with Crippen molar-refractivity contribution in [1.82, 2.24) is 9.55 Å². The molecular weight excluding hydrogens is 478 g/mol. The lowest BCUT2D eigenvalue weighted by Gasteiger charge is -2.58. The van der Waals surface area contributed by atoms with Crippen LogP contribution in [0.15, 0.2) is 16.0 Å². The Hall–Kier alpha value is -1.26. The number of aromatic hydroxyl groups is 1. The van der Waals surface area contributed by atoms with Gasteiger partial charge in [-0.1, -0.05) is 15.9 Å². The van der Waals surface area contributed by atoms with Crippen molar-refractivity contribution in [3.05, 3.63) is 27.2 Å². The second kappa shape index (κ2) is 9.54. The van der Waals surface area contributed by atoms with Gasteiger partial charge in [-0.05, 0) is 79.7 Å². The zero-order valence-corrected chi connectivity index (χ0v) is 20.0. The molecule has 0 aromatic carbocycles. The van der Waals surface area contributed by atoms with Crippen LogP contribution in [-0.2, 0) is 4.74 Å². The van der Waals surface area contributed by atoms with Crippen LogP contribution in [-0.4, -0.2) is 49.7 Å². The average Bonchev–Trinajstić information content (AvgIpc) is 3.10. The summed E-state index contributed by atoms with van der Waals surface area (Å²) in [6, 6.07) is 0.445. The van der Waals surface area contributed by atoms with E-state index in [1.807, 2.05) is 0 Å². The van der Waals surface area contributed by atoms with E-state index in [9.17, 15) is 15.0 Å². The number of nitrogens with two attached hydrogens (primary N) is 1. The second-order valence-corrected chi connectivity index (χ2v) is 10.7. The van der Waals surface area contributed by atoms with Crippen LogP contribution >= 0.6 is 15.9 Å². The van der Waals surface area contributed by atoms with Crippen molar-refractivity contribution in [1.29, 1.82) is 0 Å². The van der Waals surface area contributed by atoms with Crippen LogP contribution in [0.25, 0.3) is 6.08 Å².